The first kappa shape index (κ1) is 13.7. The van der Waals surface area contributed by atoms with Crippen molar-refractivity contribution in [2.45, 2.75) is 25.1 Å². The third-order valence-corrected chi connectivity index (χ3v) is 4.46. The van der Waals surface area contributed by atoms with Crippen molar-refractivity contribution in [3.63, 3.8) is 0 Å². The van der Waals surface area contributed by atoms with E-state index in [2.05, 4.69) is 19.8 Å². The summed E-state index contributed by atoms with van der Waals surface area (Å²) in [5.41, 5.74) is 0. The SMILES string of the molecule is c1coc(CN2CCN3C[C@H](Oc4cncnc4)C[C@@H]3C2)c1. The number of rotatable bonds is 4. The summed E-state index contributed by atoms with van der Waals surface area (Å²) in [6.45, 7) is 5.14. The Morgan fingerprint density at radius 1 is 1.23 bits per heavy atom. The average Bonchev–Trinajstić information content (AvgIpc) is 3.17. The molecule has 0 bridgehead atoms. The molecule has 2 atom stereocenters. The van der Waals surface area contributed by atoms with E-state index in [1.165, 1.54) is 6.33 Å². The van der Waals surface area contributed by atoms with Crippen LogP contribution in [0.1, 0.15) is 12.2 Å². The van der Waals surface area contributed by atoms with E-state index in [4.69, 9.17) is 9.15 Å². The quantitative estimate of drug-likeness (QED) is 0.851. The minimum atomic E-state index is 0.236. The monoisotopic (exact) mass is 300 g/mol. The van der Waals surface area contributed by atoms with Gasteiger partial charge in [0.15, 0.2) is 5.75 Å². The van der Waals surface area contributed by atoms with Crippen LogP contribution in [-0.2, 0) is 6.54 Å². The van der Waals surface area contributed by atoms with Crippen LogP contribution in [0.3, 0.4) is 0 Å². The van der Waals surface area contributed by atoms with Crippen molar-refractivity contribution in [3.8, 4) is 5.75 Å². The highest BCUT2D eigenvalue weighted by Crippen LogP contribution is 2.26. The second-order valence-electron chi connectivity index (χ2n) is 6.01. The van der Waals surface area contributed by atoms with Crippen LogP contribution in [0, 0.1) is 0 Å². The van der Waals surface area contributed by atoms with Gasteiger partial charge in [0.1, 0.15) is 18.2 Å². The minimum absolute atomic E-state index is 0.236. The van der Waals surface area contributed by atoms with Crippen LogP contribution in [0.5, 0.6) is 5.75 Å². The molecule has 0 radical (unpaired) electrons. The van der Waals surface area contributed by atoms with E-state index in [1.54, 1.807) is 18.7 Å². The first-order valence-corrected chi connectivity index (χ1v) is 7.77. The maximum atomic E-state index is 6.00. The van der Waals surface area contributed by atoms with E-state index in [1.807, 2.05) is 12.1 Å². The Morgan fingerprint density at radius 3 is 2.95 bits per heavy atom. The van der Waals surface area contributed by atoms with Gasteiger partial charge in [-0.15, -0.1) is 0 Å². The Morgan fingerprint density at radius 2 is 2.14 bits per heavy atom. The molecule has 2 aromatic rings. The Bertz CT molecular complexity index is 589. The van der Waals surface area contributed by atoms with Gasteiger partial charge < -0.3 is 9.15 Å². The summed E-state index contributed by atoms with van der Waals surface area (Å²) in [7, 11) is 0. The van der Waals surface area contributed by atoms with Gasteiger partial charge in [-0.2, -0.15) is 0 Å². The molecule has 4 heterocycles. The Kier molecular flexibility index (Phi) is 3.78. The fraction of sp³-hybridized carbons (Fsp3) is 0.500. The van der Waals surface area contributed by atoms with Crippen molar-refractivity contribution in [1.82, 2.24) is 19.8 Å². The number of hydrogen-bond acceptors (Lipinski definition) is 6. The van der Waals surface area contributed by atoms with E-state index in [0.717, 1.165) is 50.7 Å². The molecule has 0 amide bonds. The van der Waals surface area contributed by atoms with E-state index in [0.29, 0.717) is 6.04 Å². The molecule has 6 nitrogen and oxygen atoms in total. The lowest BCUT2D eigenvalue weighted by molar-refractivity contribution is 0.0927. The lowest BCUT2D eigenvalue weighted by atomic mass is 10.1. The second-order valence-corrected chi connectivity index (χ2v) is 6.01. The molecule has 0 aliphatic carbocycles. The summed E-state index contributed by atoms with van der Waals surface area (Å²) >= 11 is 0. The van der Waals surface area contributed by atoms with Gasteiger partial charge in [-0.25, -0.2) is 9.97 Å². The molecular formula is C16H20N4O2. The van der Waals surface area contributed by atoms with E-state index < -0.39 is 0 Å². The third kappa shape index (κ3) is 2.98. The molecule has 2 aliphatic heterocycles. The number of aromatic nitrogens is 2. The molecule has 2 aliphatic rings. The van der Waals surface area contributed by atoms with Crippen molar-refractivity contribution < 1.29 is 9.15 Å². The van der Waals surface area contributed by atoms with Crippen LogP contribution in [0.15, 0.2) is 41.5 Å². The summed E-state index contributed by atoms with van der Waals surface area (Å²) in [4.78, 5) is 13.0. The fourth-order valence-corrected chi connectivity index (χ4v) is 3.45. The number of piperazine rings is 1. The van der Waals surface area contributed by atoms with Crippen molar-refractivity contribution in [2.24, 2.45) is 0 Å². The van der Waals surface area contributed by atoms with Gasteiger partial charge in [-0.1, -0.05) is 0 Å². The van der Waals surface area contributed by atoms with Crippen LogP contribution in [0.2, 0.25) is 0 Å². The van der Waals surface area contributed by atoms with E-state index in [9.17, 15) is 0 Å². The largest absolute Gasteiger partial charge is 0.486 e. The van der Waals surface area contributed by atoms with Crippen LogP contribution in [-0.4, -0.2) is 58.1 Å². The normalized spacial score (nSPS) is 26.0. The van der Waals surface area contributed by atoms with Gasteiger partial charge >= 0.3 is 0 Å². The Hall–Kier alpha value is -1.92. The number of ether oxygens (including phenoxy) is 1. The maximum Gasteiger partial charge on any atom is 0.156 e. The molecular weight excluding hydrogens is 280 g/mol. The van der Waals surface area contributed by atoms with Gasteiger partial charge in [-0.3, -0.25) is 9.80 Å². The van der Waals surface area contributed by atoms with Crippen molar-refractivity contribution in [2.75, 3.05) is 26.2 Å². The smallest absolute Gasteiger partial charge is 0.156 e. The second kappa shape index (κ2) is 6.06. The van der Waals surface area contributed by atoms with E-state index in [-0.39, 0.29) is 6.10 Å². The van der Waals surface area contributed by atoms with Crippen molar-refractivity contribution in [3.05, 3.63) is 42.9 Å². The summed E-state index contributed by atoms with van der Waals surface area (Å²) in [6, 6.07) is 4.56. The average molecular weight is 300 g/mol. The van der Waals surface area contributed by atoms with Crippen LogP contribution in [0.25, 0.3) is 0 Å². The molecule has 2 aromatic heterocycles. The van der Waals surface area contributed by atoms with E-state index >= 15 is 0 Å². The zero-order chi connectivity index (χ0) is 14.8. The van der Waals surface area contributed by atoms with Crippen LogP contribution < -0.4 is 4.74 Å². The maximum absolute atomic E-state index is 6.00. The molecule has 0 unspecified atom stereocenters. The molecule has 2 saturated heterocycles. The first-order valence-electron chi connectivity index (χ1n) is 7.77. The topological polar surface area (TPSA) is 54.6 Å². The molecule has 22 heavy (non-hydrogen) atoms. The predicted molar refractivity (Wildman–Crippen MR) is 80.4 cm³/mol. The lowest BCUT2D eigenvalue weighted by Crippen LogP contribution is -2.49. The highest BCUT2D eigenvalue weighted by molar-refractivity contribution is 5.11. The number of furan rings is 1. The molecule has 0 aromatic carbocycles. The highest BCUT2D eigenvalue weighted by atomic mass is 16.5. The first-order chi connectivity index (χ1) is 10.9. The van der Waals surface area contributed by atoms with Gasteiger partial charge in [-0.05, 0) is 12.1 Å². The molecule has 0 saturated carbocycles. The molecule has 0 N–H and O–H groups in total. The predicted octanol–water partition coefficient (Wildman–Crippen LogP) is 1.41. The highest BCUT2D eigenvalue weighted by Gasteiger charge is 2.37. The number of hydrogen-bond donors (Lipinski definition) is 0. The summed E-state index contributed by atoms with van der Waals surface area (Å²) in [5, 5.41) is 0. The molecule has 4 rings (SSSR count). The molecule has 0 spiro atoms. The molecule has 6 heteroatoms. The Labute approximate surface area is 129 Å². The van der Waals surface area contributed by atoms with Gasteiger partial charge in [0.25, 0.3) is 0 Å². The van der Waals surface area contributed by atoms with Crippen molar-refractivity contribution >= 4 is 0 Å². The summed E-state index contributed by atoms with van der Waals surface area (Å²) < 4.78 is 11.5. The Balaban J connectivity index is 1.33. The van der Waals surface area contributed by atoms with Gasteiger partial charge in [0.2, 0.25) is 0 Å². The van der Waals surface area contributed by atoms with Crippen LogP contribution >= 0.6 is 0 Å². The zero-order valence-electron chi connectivity index (χ0n) is 12.5. The van der Waals surface area contributed by atoms with Gasteiger partial charge in [0, 0.05) is 38.6 Å². The van der Waals surface area contributed by atoms with Gasteiger partial charge in [0.05, 0.1) is 25.2 Å². The number of nitrogens with zero attached hydrogens (tertiary/aromatic N) is 4. The minimum Gasteiger partial charge on any atom is -0.486 e. The fourth-order valence-electron chi connectivity index (χ4n) is 3.45. The molecule has 116 valence electrons. The standard InChI is InChI=1S/C16H20N4O2/c1-2-14(21-5-1)10-19-3-4-20-11-15(6-13(20)9-19)22-16-7-17-12-18-8-16/h1-2,5,7-8,12-13,15H,3-4,6,9-11H2/t13-,15-/m1/s1. The molecule has 2 fully saturated rings. The zero-order valence-corrected chi connectivity index (χ0v) is 12.5. The van der Waals surface area contributed by atoms with Crippen LogP contribution in [0.4, 0.5) is 0 Å². The third-order valence-electron chi connectivity index (χ3n) is 4.46. The van der Waals surface area contributed by atoms with Crippen molar-refractivity contribution in [1.29, 1.82) is 0 Å². The number of fused-ring (bicyclic) bond motifs is 1. The lowest BCUT2D eigenvalue weighted by Gasteiger charge is -2.36. The summed E-state index contributed by atoms with van der Waals surface area (Å²) in [5.74, 6) is 1.81. The summed E-state index contributed by atoms with van der Waals surface area (Å²) in [6.07, 6.45) is 8.02.